The van der Waals surface area contributed by atoms with Crippen LogP contribution in [0.25, 0.3) is 32.9 Å². The summed E-state index contributed by atoms with van der Waals surface area (Å²) in [5.74, 6) is 2.80. The molecule has 4 atom stereocenters. The van der Waals surface area contributed by atoms with Crippen LogP contribution >= 0.6 is 22.6 Å². The Morgan fingerprint density at radius 2 is 1.69 bits per heavy atom. The zero-order valence-corrected chi connectivity index (χ0v) is 43.5. The predicted octanol–water partition coefficient (Wildman–Crippen LogP) is 12.0. The minimum absolute atomic E-state index is 0.0538. The minimum atomic E-state index is -2.26. The number of piperazine rings is 1. The van der Waals surface area contributed by atoms with Crippen molar-refractivity contribution in [3.8, 4) is 28.7 Å². The highest BCUT2D eigenvalue weighted by Gasteiger charge is 2.50. The molecule has 4 fully saturated rings. The van der Waals surface area contributed by atoms with Crippen molar-refractivity contribution in [3.63, 3.8) is 0 Å². The van der Waals surface area contributed by atoms with E-state index in [1.165, 1.54) is 9.64 Å². The van der Waals surface area contributed by atoms with E-state index in [0.717, 1.165) is 56.3 Å². The monoisotopic (exact) mass is 1040 g/mol. The van der Waals surface area contributed by atoms with Gasteiger partial charge in [-0.2, -0.15) is 9.97 Å². The van der Waals surface area contributed by atoms with Gasteiger partial charge in [0.15, 0.2) is 5.82 Å². The fraction of sp³-hybridized carbons (Fsp3) is 0.509. The van der Waals surface area contributed by atoms with Gasteiger partial charge in [-0.3, -0.25) is 14.8 Å². The summed E-state index contributed by atoms with van der Waals surface area (Å²) in [5, 5.41) is 5.47. The van der Waals surface area contributed by atoms with Crippen LogP contribution in [-0.2, 0) is 4.74 Å². The summed E-state index contributed by atoms with van der Waals surface area (Å²) >= 11 is 2.34. The number of carbonyl (C=O) groups excluding carboxylic acids is 1. The normalized spacial score (nSPS) is 22.0. The van der Waals surface area contributed by atoms with Gasteiger partial charge >= 0.3 is 12.1 Å². The van der Waals surface area contributed by atoms with E-state index in [1.807, 2.05) is 37.8 Å². The largest absolute Gasteiger partial charge is 0.461 e. The summed E-state index contributed by atoms with van der Waals surface area (Å²) in [4.78, 5) is 34.8. The van der Waals surface area contributed by atoms with E-state index in [9.17, 15) is 4.79 Å². The molecule has 1 N–H and O–H groups in total. The predicted molar refractivity (Wildman–Crippen MR) is 275 cm³/mol. The number of benzene rings is 3. The van der Waals surface area contributed by atoms with Gasteiger partial charge in [0.2, 0.25) is 0 Å². The van der Waals surface area contributed by atoms with Gasteiger partial charge in [0, 0.05) is 52.1 Å². The van der Waals surface area contributed by atoms with E-state index >= 15 is 8.78 Å². The summed E-state index contributed by atoms with van der Waals surface area (Å²) in [6.45, 7) is 22.2. The lowest BCUT2D eigenvalue weighted by Gasteiger charge is -2.42. The van der Waals surface area contributed by atoms with E-state index in [2.05, 4.69) is 115 Å². The Kier molecular flexibility index (Phi) is 13.0. The highest BCUT2D eigenvalue weighted by atomic mass is 127. The molecule has 0 spiro atoms. The molecule has 0 radical (unpaired) electrons. The molecule has 2 bridgehead atoms. The van der Waals surface area contributed by atoms with Crippen molar-refractivity contribution >= 4 is 69.9 Å². The Morgan fingerprint density at radius 3 is 2.37 bits per heavy atom. The van der Waals surface area contributed by atoms with Crippen molar-refractivity contribution < 1.29 is 23.0 Å². The van der Waals surface area contributed by atoms with Crippen LogP contribution in [0.4, 0.5) is 25.1 Å². The second-order valence-corrected chi connectivity index (χ2v) is 28.1. The fourth-order valence-corrected chi connectivity index (χ4v) is 17.9. The number of amides is 1. The number of carbonyl (C=O) groups is 1. The first-order valence-electron chi connectivity index (χ1n) is 24.1. The van der Waals surface area contributed by atoms with E-state index in [1.54, 1.807) is 18.3 Å². The molecule has 1 amide bonds. The lowest BCUT2D eigenvalue weighted by Crippen LogP contribution is -2.57. The molecule has 0 unspecified atom stereocenters. The quantitative estimate of drug-likeness (QED) is 0.0833. The number of hydrogen-bond acceptors (Lipinski definition) is 9. The summed E-state index contributed by atoms with van der Waals surface area (Å²) in [7, 11) is -2.26. The van der Waals surface area contributed by atoms with Crippen LogP contribution in [-0.4, -0.2) is 101 Å². The highest BCUT2D eigenvalue weighted by molar-refractivity contribution is 14.1. The lowest BCUT2D eigenvalue weighted by atomic mass is 9.93. The maximum absolute atomic E-state index is 17.8. The molecule has 0 saturated carbocycles. The number of nitrogens with one attached hydrogen (secondary N) is 1. The van der Waals surface area contributed by atoms with Gasteiger partial charge in [-0.15, -0.1) is 5.54 Å². The van der Waals surface area contributed by atoms with Gasteiger partial charge in [0.25, 0.3) is 0 Å². The summed E-state index contributed by atoms with van der Waals surface area (Å²) in [6, 6.07) is 17.3. The smallest absolute Gasteiger partial charge is 0.410 e. The summed E-state index contributed by atoms with van der Waals surface area (Å²) < 4.78 is 47.8. The molecule has 6 heterocycles. The Bertz CT molecular complexity index is 2740. The third-order valence-electron chi connectivity index (χ3n) is 15.0. The van der Waals surface area contributed by atoms with Crippen molar-refractivity contribution in [2.75, 3.05) is 43.0 Å². The molecule has 14 heteroatoms. The number of ether oxygens (including phenoxy) is 2. The zero-order chi connectivity index (χ0) is 47.6. The van der Waals surface area contributed by atoms with Crippen LogP contribution < -0.4 is 15.0 Å². The Morgan fingerprint density at radius 1 is 0.970 bits per heavy atom. The summed E-state index contributed by atoms with van der Waals surface area (Å²) in [6.07, 6.45) is 5.87. The van der Waals surface area contributed by atoms with Crippen molar-refractivity contribution in [2.45, 2.75) is 140 Å². The van der Waals surface area contributed by atoms with E-state index in [0.29, 0.717) is 58.5 Å². The van der Waals surface area contributed by atoms with Crippen LogP contribution in [0.2, 0.25) is 16.6 Å². The third kappa shape index (κ3) is 8.97. The molecule has 9 rings (SSSR count). The molecule has 4 aliphatic rings. The van der Waals surface area contributed by atoms with Crippen LogP contribution in [0.1, 0.15) is 100.0 Å². The number of halogens is 3. The molecular formula is C53H64F2IN7O3Si. The van der Waals surface area contributed by atoms with Crippen LogP contribution in [0, 0.1) is 26.7 Å². The van der Waals surface area contributed by atoms with Crippen molar-refractivity contribution in [3.05, 3.63) is 81.6 Å². The molecular weight excluding hydrogens is 976 g/mol. The Hall–Kier alpha value is -4.59. The van der Waals surface area contributed by atoms with Crippen molar-refractivity contribution in [2.24, 2.45) is 0 Å². The number of pyridine rings is 1. The standard InChI is InChI=1S/C53H64F2IN7O3Si/c1-32(2)67(33(3)4,34(5)6)24-21-41-44(54)20-17-35-13-10-16-42(45(35)41)47-46(55)48-43(27-57-47)49(61-29-39-18-19-40(30-61)63(39)51(64)66-52(7,8)9)60-50(59-48)65-31-53-22-12-23-62(53)28-38(26-53)58-37-15-11-14-36(56)25-37/h10-11,13-17,20,25,27,32-34,38-40,58H,12,18-19,22-23,26,28-31H2,1-9H3/t38-,39-,40+,53+/m1/s1. The van der Waals surface area contributed by atoms with Gasteiger partial charge < -0.3 is 19.7 Å². The molecule has 0 aliphatic carbocycles. The van der Waals surface area contributed by atoms with Crippen molar-refractivity contribution in [1.29, 1.82) is 0 Å². The van der Waals surface area contributed by atoms with E-state index in [4.69, 9.17) is 24.4 Å². The molecule has 5 aromatic rings. The highest BCUT2D eigenvalue weighted by Crippen LogP contribution is 2.44. The van der Waals surface area contributed by atoms with E-state index in [-0.39, 0.29) is 52.5 Å². The first kappa shape index (κ1) is 47.5. The van der Waals surface area contributed by atoms with E-state index < -0.39 is 25.3 Å². The number of anilines is 2. The first-order valence-corrected chi connectivity index (χ1v) is 27.5. The lowest BCUT2D eigenvalue weighted by molar-refractivity contribution is 0.0122. The van der Waals surface area contributed by atoms with Crippen LogP contribution in [0.15, 0.2) is 60.8 Å². The Labute approximate surface area is 409 Å². The maximum Gasteiger partial charge on any atom is 0.410 e. The second kappa shape index (κ2) is 18.4. The average molecular weight is 1040 g/mol. The zero-order valence-electron chi connectivity index (χ0n) is 40.4. The number of aromatic nitrogens is 3. The molecule has 2 aromatic heterocycles. The average Bonchev–Trinajstić information content (AvgIpc) is 3.90. The van der Waals surface area contributed by atoms with Crippen LogP contribution in [0.3, 0.4) is 0 Å². The second-order valence-electron chi connectivity index (χ2n) is 21.3. The van der Waals surface area contributed by atoms with Crippen LogP contribution in [0.5, 0.6) is 6.01 Å². The topological polar surface area (TPSA) is 96.0 Å². The maximum atomic E-state index is 17.8. The Balaban J connectivity index is 1.13. The number of hydrogen-bond donors (Lipinski definition) is 1. The molecule has 4 saturated heterocycles. The van der Waals surface area contributed by atoms with Gasteiger partial charge in [-0.25, -0.2) is 13.6 Å². The molecule has 3 aromatic carbocycles. The number of nitrogens with zero attached hydrogens (tertiary/aromatic N) is 6. The SMILES string of the molecule is CC(C)[Si](C#Cc1c(F)ccc2cccc(-c3ncc4c(N5C[C@H]6CC[C@@H](C5)N6C(=O)OC(C)(C)C)nc(OC[C@@]56CCCN5C[C@H](Nc5cccc(I)c5)C6)nc4c3F)c12)(C(C)C)C(C)C. The van der Waals surface area contributed by atoms with Gasteiger partial charge in [0.1, 0.15) is 43.1 Å². The minimum Gasteiger partial charge on any atom is -0.461 e. The molecule has 67 heavy (non-hydrogen) atoms. The van der Waals surface area contributed by atoms with Gasteiger partial charge in [-0.1, -0.05) is 77.8 Å². The van der Waals surface area contributed by atoms with Gasteiger partial charge in [-0.05, 0) is 128 Å². The fourth-order valence-electron chi connectivity index (χ4n) is 12.1. The first-order chi connectivity index (χ1) is 31.9. The number of rotatable bonds is 10. The number of fused-ring (bicyclic) bond motifs is 5. The molecule has 10 nitrogen and oxygen atoms in total. The molecule has 354 valence electrons. The third-order valence-corrected chi connectivity index (χ3v) is 22.0. The summed E-state index contributed by atoms with van der Waals surface area (Å²) in [5.41, 5.74) is 5.81. The molecule has 4 aliphatic heterocycles. The van der Waals surface area contributed by atoms with Gasteiger partial charge in [0.05, 0.1) is 28.6 Å². The van der Waals surface area contributed by atoms with Crippen molar-refractivity contribution in [1.82, 2.24) is 24.8 Å².